The summed E-state index contributed by atoms with van der Waals surface area (Å²) in [5.74, 6) is 0. The number of carbonyl (C=O) groups excluding carboxylic acids is 1. The number of halogens is 2. The molecular formula is C14H20Cl2N2O2. The predicted molar refractivity (Wildman–Crippen MR) is 82.5 cm³/mol. The molecule has 1 amide bonds. The standard InChI is InChI=1S/C14H19ClN2O2.ClH/c1-10-7-16-8-11(2)17(10)14(18)19-9-12-5-3-4-6-13(12)15;/h3-6,10-11,16H,7-9H2,1-2H3;1H. The molecule has 1 saturated heterocycles. The van der Waals surface area contributed by atoms with E-state index in [0.717, 1.165) is 18.7 Å². The topological polar surface area (TPSA) is 41.6 Å². The summed E-state index contributed by atoms with van der Waals surface area (Å²) in [6, 6.07) is 7.67. The number of benzene rings is 1. The number of rotatable bonds is 2. The Morgan fingerprint density at radius 3 is 2.55 bits per heavy atom. The van der Waals surface area contributed by atoms with Crippen molar-refractivity contribution in [2.45, 2.75) is 32.5 Å². The SMILES string of the molecule is CC1CNCC(C)N1C(=O)OCc1ccccc1Cl.Cl. The Hall–Kier alpha value is -0.970. The average Bonchev–Trinajstić information content (AvgIpc) is 2.37. The number of nitrogens with one attached hydrogen (secondary N) is 1. The summed E-state index contributed by atoms with van der Waals surface area (Å²) in [4.78, 5) is 13.9. The quantitative estimate of drug-likeness (QED) is 0.911. The molecule has 0 bridgehead atoms. The molecule has 1 fully saturated rings. The Balaban J connectivity index is 0.00000200. The number of carbonyl (C=O) groups is 1. The summed E-state index contributed by atoms with van der Waals surface area (Å²) >= 11 is 6.04. The van der Waals surface area contributed by atoms with Crippen molar-refractivity contribution >= 4 is 30.1 Å². The van der Waals surface area contributed by atoms with Crippen LogP contribution >= 0.6 is 24.0 Å². The fourth-order valence-corrected chi connectivity index (χ4v) is 2.51. The monoisotopic (exact) mass is 318 g/mol. The third kappa shape index (κ3) is 4.01. The maximum Gasteiger partial charge on any atom is 0.410 e. The Kier molecular flexibility index (Phi) is 6.59. The van der Waals surface area contributed by atoms with Crippen LogP contribution in [0.3, 0.4) is 0 Å². The van der Waals surface area contributed by atoms with E-state index in [0.29, 0.717) is 5.02 Å². The Bertz CT molecular complexity index is 447. The molecule has 2 rings (SSSR count). The van der Waals surface area contributed by atoms with E-state index in [-0.39, 0.29) is 37.2 Å². The summed E-state index contributed by atoms with van der Waals surface area (Å²) in [5.41, 5.74) is 0.827. The Morgan fingerprint density at radius 1 is 1.35 bits per heavy atom. The number of amides is 1. The van der Waals surface area contributed by atoms with Gasteiger partial charge in [-0.1, -0.05) is 29.8 Å². The summed E-state index contributed by atoms with van der Waals surface area (Å²) in [5, 5.41) is 3.90. The van der Waals surface area contributed by atoms with Crippen molar-refractivity contribution in [1.82, 2.24) is 10.2 Å². The van der Waals surface area contributed by atoms with Gasteiger partial charge in [0.05, 0.1) is 0 Å². The second kappa shape index (κ2) is 7.72. The summed E-state index contributed by atoms with van der Waals surface area (Å²) < 4.78 is 5.36. The predicted octanol–water partition coefficient (Wildman–Crippen LogP) is 3.08. The van der Waals surface area contributed by atoms with Crippen LogP contribution in [0.25, 0.3) is 0 Å². The Labute approximate surface area is 130 Å². The fourth-order valence-electron chi connectivity index (χ4n) is 2.32. The number of hydrogen-bond acceptors (Lipinski definition) is 3. The molecule has 6 heteroatoms. The lowest BCUT2D eigenvalue weighted by Gasteiger charge is -2.38. The first-order chi connectivity index (χ1) is 9.09. The molecule has 4 nitrogen and oxygen atoms in total. The third-order valence-corrected chi connectivity index (χ3v) is 3.72. The molecule has 1 heterocycles. The summed E-state index contributed by atoms with van der Waals surface area (Å²) in [7, 11) is 0. The van der Waals surface area contributed by atoms with Crippen molar-refractivity contribution < 1.29 is 9.53 Å². The zero-order chi connectivity index (χ0) is 13.8. The minimum absolute atomic E-state index is 0. The van der Waals surface area contributed by atoms with E-state index in [4.69, 9.17) is 16.3 Å². The van der Waals surface area contributed by atoms with Crippen LogP contribution in [-0.4, -0.2) is 36.2 Å². The number of hydrogen-bond donors (Lipinski definition) is 1. The van der Waals surface area contributed by atoms with Gasteiger partial charge in [-0.25, -0.2) is 4.79 Å². The van der Waals surface area contributed by atoms with Crippen molar-refractivity contribution in [3.05, 3.63) is 34.9 Å². The molecule has 1 aliphatic heterocycles. The second-order valence-electron chi connectivity index (χ2n) is 4.91. The van der Waals surface area contributed by atoms with Crippen LogP contribution in [0.4, 0.5) is 4.79 Å². The lowest BCUT2D eigenvalue weighted by molar-refractivity contribution is 0.0564. The molecule has 1 N–H and O–H groups in total. The lowest BCUT2D eigenvalue weighted by atomic mass is 10.1. The first kappa shape index (κ1) is 17.1. The highest BCUT2D eigenvalue weighted by atomic mass is 35.5. The van der Waals surface area contributed by atoms with E-state index < -0.39 is 0 Å². The minimum atomic E-state index is -0.276. The molecule has 1 aromatic carbocycles. The first-order valence-electron chi connectivity index (χ1n) is 6.49. The van der Waals surface area contributed by atoms with Crippen molar-refractivity contribution in [3.8, 4) is 0 Å². The highest BCUT2D eigenvalue weighted by Gasteiger charge is 2.29. The largest absolute Gasteiger partial charge is 0.444 e. The molecule has 0 radical (unpaired) electrons. The number of ether oxygens (including phenoxy) is 1. The molecule has 0 aromatic heterocycles. The van der Waals surface area contributed by atoms with Gasteiger partial charge in [0.25, 0.3) is 0 Å². The van der Waals surface area contributed by atoms with Gasteiger partial charge in [-0.15, -0.1) is 12.4 Å². The van der Waals surface area contributed by atoms with Crippen molar-refractivity contribution in [1.29, 1.82) is 0 Å². The van der Waals surface area contributed by atoms with Crippen LogP contribution < -0.4 is 5.32 Å². The molecule has 0 aliphatic carbocycles. The zero-order valence-electron chi connectivity index (χ0n) is 11.6. The number of piperazine rings is 1. The van der Waals surface area contributed by atoms with Gasteiger partial charge >= 0.3 is 6.09 Å². The highest BCUT2D eigenvalue weighted by molar-refractivity contribution is 6.31. The first-order valence-corrected chi connectivity index (χ1v) is 6.86. The van der Waals surface area contributed by atoms with Crippen LogP contribution in [0.2, 0.25) is 5.02 Å². The summed E-state index contributed by atoms with van der Waals surface area (Å²) in [6.07, 6.45) is -0.276. The van der Waals surface area contributed by atoms with Gasteiger partial charge < -0.3 is 15.0 Å². The molecule has 112 valence electrons. The summed E-state index contributed by atoms with van der Waals surface area (Å²) in [6.45, 7) is 5.83. The van der Waals surface area contributed by atoms with Gasteiger partial charge in [-0.2, -0.15) is 0 Å². The third-order valence-electron chi connectivity index (χ3n) is 3.35. The second-order valence-corrected chi connectivity index (χ2v) is 5.32. The molecule has 2 atom stereocenters. The normalized spacial score (nSPS) is 22.1. The van der Waals surface area contributed by atoms with Gasteiger partial charge in [0.1, 0.15) is 6.61 Å². The highest BCUT2D eigenvalue weighted by Crippen LogP contribution is 2.17. The molecular weight excluding hydrogens is 299 g/mol. The molecule has 1 aromatic rings. The molecule has 0 spiro atoms. The van der Waals surface area contributed by atoms with Crippen molar-refractivity contribution in [2.24, 2.45) is 0 Å². The van der Waals surface area contributed by atoms with E-state index in [1.807, 2.05) is 32.0 Å². The Morgan fingerprint density at radius 2 is 1.95 bits per heavy atom. The van der Waals surface area contributed by atoms with Crippen LogP contribution in [0, 0.1) is 0 Å². The molecule has 1 aliphatic rings. The van der Waals surface area contributed by atoms with Gasteiger partial charge in [0, 0.05) is 35.8 Å². The van der Waals surface area contributed by atoms with E-state index >= 15 is 0 Å². The zero-order valence-corrected chi connectivity index (χ0v) is 13.2. The van der Waals surface area contributed by atoms with Gasteiger partial charge in [-0.3, -0.25) is 0 Å². The fraction of sp³-hybridized carbons (Fsp3) is 0.500. The van der Waals surface area contributed by atoms with Crippen LogP contribution in [0.15, 0.2) is 24.3 Å². The van der Waals surface area contributed by atoms with Crippen molar-refractivity contribution in [2.75, 3.05) is 13.1 Å². The van der Waals surface area contributed by atoms with Crippen LogP contribution in [-0.2, 0) is 11.3 Å². The molecule has 20 heavy (non-hydrogen) atoms. The van der Waals surface area contributed by atoms with E-state index in [1.165, 1.54) is 0 Å². The van der Waals surface area contributed by atoms with Crippen LogP contribution in [0.1, 0.15) is 19.4 Å². The smallest absolute Gasteiger partial charge is 0.410 e. The molecule has 0 saturated carbocycles. The van der Waals surface area contributed by atoms with E-state index in [1.54, 1.807) is 11.0 Å². The van der Waals surface area contributed by atoms with Gasteiger partial charge in [0.15, 0.2) is 0 Å². The lowest BCUT2D eigenvalue weighted by Crippen LogP contribution is -2.57. The van der Waals surface area contributed by atoms with E-state index in [2.05, 4.69) is 5.32 Å². The van der Waals surface area contributed by atoms with Crippen LogP contribution in [0.5, 0.6) is 0 Å². The van der Waals surface area contributed by atoms with E-state index in [9.17, 15) is 4.79 Å². The maximum atomic E-state index is 12.1. The number of nitrogens with zero attached hydrogens (tertiary/aromatic N) is 1. The van der Waals surface area contributed by atoms with Gasteiger partial charge in [-0.05, 0) is 19.9 Å². The van der Waals surface area contributed by atoms with Crippen molar-refractivity contribution in [3.63, 3.8) is 0 Å². The average molecular weight is 319 g/mol. The molecule has 2 unspecified atom stereocenters. The van der Waals surface area contributed by atoms with Gasteiger partial charge in [0.2, 0.25) is 0 Å². The minimum Gasteiger partial charge on any atom is -0.444 e. The maximum absolute atomic E-state index is 12.1.